The highest BCUT2D eigenvalue weighted by Gasteiger charge is 2.14. The van der Waals surface area contributed by atoms with Gasteiger partial charge in [-0.05, 0) is 36.2 Å². The number of rotatable bonds is 5. The molecule has 4 aromatic heterocycles. The van der Waals surface area contributed by atoms with Crippen LogP contribution in [0.4, 0.5) is 11.8 Å². The summed E-state index contributed by atoms with van der Waals surface area (Å²) in [4.78, 5) is 25.9. The van der Waals surface area contributed by atoms with Crippen LogP contribution < -0.4 is 11.1 Å². The lowest BCUT2D eigenvalue weighted by atomic mass is 10.0. The molecule has 0 bridgehead atoms. The molecule has 0 saturated heterocycles. The van der Waals surface area contributed by atoms with Gasteiger partial charge in [0.05, 0.1) is 17.6 Å². The summed E-state index contributed by atoms with van der Waals surface area (Å²) in [5, 5.41) is 6.94. The van der Waals surface area contributed by atoms with Crippen LogP contribution >= 0.6 is 0 Å². The molecule has 3 N–H and O–H groups in total. The number of nitrogens with two attached hydrogens (primary N) is 1. The van der Waals surface area contributed by atoms with E-state index in [2.05, 4.69) is 25.4 Å². The Labute approximate surface area is 183 Å². The molecule has 9 nitrogen and oxygen atoms in total. The third kappa shape index (κ3) is 3.91. The number of carbonyl (C=O) groups excluding carboxylic acids is 1. The fourth-order valence-electron chi connectivity index (χ4n) is 3.49. The normalized spacial score (nSPS) is 11.0. The second-order valence-corrected chi connectivity index (χ2v) is 7.42. The van der Waals surface area contributed by atoms with Gasteiger partial charge in [0.1, 0.15) is 0 Å². The number of aromatic nitrogens is 6. The van der Waals surface area contributed by atoms with Crippen LogP contribution in [0.5, 0.6) is 0 Å². The van der Waals surface area contributed by atoms with Gasteiger partial charge in [-0.3, -0.25) is 9.78 Å². The maximum atomic E-state index is 13.0. The first-order valence-corrected chi connectivity index (χ1v) is 10.0. The number of hydrogen-bond donors (Lipinski definition) is 2. The number of nitrogens with one attached hydrogen (secondary N) is 1. The molecule has 158 valence electrons. The van der Waals surface area contributed by atoms with Crippen LogP contribution in [0.2, 0.25) is 0 Å². The standard InChI is InChI=1S/C23H20N8O/c1-15-19(9-18(11-25-15)17-7-8-31-21(10-17)28-23(24)29-31)22(32)27-20-13-30(14-26-20)12-16-5-3-2-4-6-16/h2-11,13-14H,12H2,1H3,(H2,24,29)(H,27,32). The highest BCUT2D eigenvalue weighted by Crippen LogP contribution is 2.23. The highest BCUT2D eigenvalue weighted by atomic mass is 16.1. The summed E-state index contributed by atoms with van der Waals surface area (Å²) in [6.07, 6.45) is 7.00. The highest BCUT2D eigenvalue weighted by molar-refractivity contribution is 6.05. The quantitative estimate of drug-likeness (QED) is 0.448. The van der Waals surface area contributed by atoms with E-state index in [4.69, 9.17) is 5.73 Å². The molecule has 4 heterocycles. The Morgan fingerprint density at radius 1 is 1.09 bits per heavy atom. The van der Waals surface area contributed by atoms with Crippen molar-refractivity contribution in [2.75, 3.05) is 11.1 Å². The van der Waals surface area contributed by atoms with Gasteiger partial charge in [0, 0.05) is 30.7 Å². The smallest absolute Gasteiger partial charge is 0.258 e. The number of imidazole rings is 1. The van der Waals surface area contributed by atoms with E-state index in [-0.39, 0.29) is 11.9 Å². The Hall–Kier alpha value is -4.53. The van der Waals surface area contributed by atoms with E-state index in [1.54, 1.807) is 36.4 Å². The Kier molecular flexibility index (Phi) is 4.83. The minimum atomic E-state index is -0.269. The molecule has 0 aliphatic heterocycles. The van der Waals surface area contributed by atoms with E-state index < -0.39 is 0 Å². The molecule has 1 amide bonds. The van der Waals surface area contributed by atoms with E-state index in [1.807, 2.05) is 53.1 Å². The van der Waals surface area contributed by atoms with E-state index in [0.29, 0.717) is 29.3 Å². The van der Waals surface area contributed by atoms with Gasteiger partial charge in [-0.15, -0.1) is 5.10 Å². The predicted molar refractivity (Wildman–Crippen MR) is 121 cm³/mol. The number of amides is 1. The minimum absolute atomic E-state index is 0.205. The SMILES string of the molecule is Cc1ncc(-c2ccn3nc(N)nc3c2)cc1C(=O)Nc1cn(Cc2ccccc2)cn1. The number of pyridine rings is 2. The first-order valence-electron chi connectivity index (χ1n) is 10.0. The van der Waals surface area contributed by atoms with E-state index in [1.165, 1.54) is 0 Å². The Balaban J connectivity index is 1.37. The first-order chi connectivity index (χ1) is 15.5. The van der Waals surface area contributed by atoms with Gasteiger partial charge in [0.15, 0.2) is 11.5 Å². The maximum Gasteiger partial charge on any atom is 0.258 e. The monoisotopic (exact) mass is 424 g/mol. The molecule has 0 fully saturated rings. The van der Waals surface area contributed by atoms with Crippen molar-refractivity contribution < 1.29 is 4.79 Å². The Bertz CT molecular complexity index is 1420. The van der Waals surface area contributed by atoms with Crippen LogP contribution in [0, 0.1) is 6.92 Å². The van der Waals surface area contributed by atoms with Crippen LogP contribution in [0.25, 0.3) is 16.8 Å². The molecule has 0 aliphatic rings. The number of nitrogens with zero attached hydrogens (tertiary/aromatic N) is 6. The van der Waals surface area contributed by atoms with Crippen LogP contribution in [0.15, 0.2) is 73.4 Å². The molecule has 0 spiro atoms. The summed E-state index contributed by atoms with van der Waals surface area (Å²) in [5.41, 5.74) is 10.2. The van der Waals surface area contributed by atoms with Crippen molar-refractivity contribution in [2.24, 2.45) is 0 Å². The molecule has 0 unspecified atom stereocenters. The Morgan fingerprint density at radius 2 is 1.94 bits per heavy atom. The number of hydrogen-bond acceptors (Lipinski definition) is 6. The zero-order chi connectivity index (χ0) is 22.1. The average Bonchev–Trinajstić information content (AvgIpc) is 3.39. The van der Waals surface area contributed by atoms with Crippen LogP contribution in [0.1, 0.15) is 21.6 Å². The summed E-state index contributed by atoms with van der Waals surface area (Å²) < 4.78 is 3.52. The van der Waals surface area contributed by atoms with Gasteiger partial charge >= 0.3 is 0 Å². The van der Waals surface area contributed by atoms with E-state index in [0.717, 1.165) is 16.7 Å². The molecule has 5 aromatic rings. The van der Waals surface area contributed by atoms with Gasteiger partial charge in [-0.1, -0.05) is 30.3 Å². The molecule has 0 aliphatic carbocycles. The van der Waals surface area contributed by atoms with E-state index >= 15 is 0 Å². The molecule has 0 saturated carbocycles. The van der Waals surface area contributed by atoms with Gasteiger partial charge in [0.2, 0.25) is 5.95 Å². The number of fused-ring (bicyclic) bond motifs is 1. The summed E-state index contributed by atoms with van der Waals surface area (Å²) in [6, 6.07) is 15.6. The minimum Gasteiger partial charge on any atom is -0.366 e. The lowest BCUT2D eigenvalue weighted by Gasteiger charge is -2.08. The van der Waals surface area contributed by atoms with Crippen LogP contribution in [-0.2, 0) is 6.54 Å². The van der Waals surface area contributed by atoms with Crippen molar-refractivity contribution in [3.05, 3.63) is 90.3 Å². The molecule has 9 heteroatoms. The third-order valence-electron chi connectivity index (χ3n) is 5.10. The van der Waals surface area contributed by atoms with Crippen molar-refractivity contribution in [1.82, 2.24) is 29.1 Å². The maximum absolute atomic E-state index is 13.0. The van der Waals surface area contributed by atoms with Gasteiger partial charge < -0.3 is 15.6 Å². The van der Waals surface area contributed by atoms with Gasteiger partial charge in [-0.25, -0.2) is 9.50 Å². The topological polar surface area (TPSA) is 116 Å². The van der Waals surface area contributed by atoms with Gasteiger partial charge in [-0.2, -0.15) is 4.98 Å². The van der Waals surface area contributed by atoms with Crippen molar-refractivity contribution in [3.8, 4) is 11.1 Å². The summed E-state index contributed by atoms with van der Waals surface area (Å²) >= 11 is 0. The van der Waals surface area contributed by atoms with Crippen molar-refractivity contribution in [3.63, 3.8) is 0 Å². The largest absolute Gasteiger partial charge is 0.366 e. The Morgan fingerprint density at radius 3 is 2.78 bits per heavy atom. The lowest BCUT2D eigenvalue weighted by Crippen LogP contribution is -2.14. The first kappa shape index (κ1) is 19.4. The summed E-state index contributed by atoms with van der Waals surface area (Å²) in [5.74, 6) is 0.418. The molecule has 0 atom stereocenters. The number of aryl methyl sites for hydroxylation is 1. The van der Waals surface area contributed by atoms with Crippen molar-refractivity contribution >= 4 is 23.3 Å². The number of anilines is 2. The van der Waals surface area contributed by atoms with Gasteiger partial charge in [0.25, 0.3) is 5.91 Å². The van der Waals surface area contributed by atoms with Crippen molar-refractivity contribution in [1.29, 1.82) is 0 Å². The van der Waals surface area contributed by atoms with E-state index in [9.17, 15) is 4.79 Å². The number of benzene rings is 1. The van der Waals surface area contributed by atoms with Crippen molar-refractivity contribution in [2.45, 2.75) is 13.5 Å². The molecular formula is C23H20N8O. The summed E-state index contributed by atoms with van der Waals surface area (Å²) in [7, 11) is 0. The predicted octanol–water partition coefficient (Wildman–Crippen LogP) is 3.18. The molecule has 1 aromatic carbocycles. The second kappa shape index (κ2) is 7.95. The summed E-state index contributed by atoms with van der Waals surface area (Å²) in [6.45, 7) is 2.48. The zero-order valence-corrected chi connectivity index (χ0v) is 17.3. The lowest BCUT2D eigenvalue weighted by molar-refractivity contribution is 0.102. The number of carbonyl (C=O) groups is 1. The van der Waals surface area contributed by atoms with Crippen LogP contribution in [0.3, 0.4) is 0 Å². The fourth-order valence-corrected chi connectivity index (χ4v) is 3.49. The average molecular weight is 424 g/mol. The third-order valence-corrected chi connectivity index (χ3v) is 5.10. The molecule has 0 radical (unpaired) electrons. The zero-order valence-electron chi connectivity index (χ0n) is 17.3. The van der Waals surface area contributed by atoms with Crippen LogP contribution in [-0.4, -0.2) is 35.0 Å². The molecular weight excluding hydrogens is 404 g/mol. The molecule has 5 rings (SSSR count). The number of nitrogen functional groups attached to an aromatic ring is 1. The second-order valence-electron chi connectivity index (χ2n) is 7.42. The molecule has 32 heavy (non-hydrogen) atoms. The fraction of sp³-hybridized carbons (Fsp3) is 0.0870.